The molecule has 1 N–H and O–H groups in total. The minimum atomic E-state index is -0.112. The quantitative estimate of drug-likeness (QED) is 0.577. The summed E-state index contributed by atoms with van der Waals surface area (Å²) in [6, 6.07) is -0.0556. The molecule has 3 nitrogen and oxygen atoms in total. The summed E-state index contributed by atoms with van der Waals surface area (Å²) in [4.78, 5) is 12.6. The summed E-state index contributed by atoms with van der Waals surface area (Å²) >= 11 is 0. The van der Waals surface area contributed by atoms with E-state index in [0.717, 1.165) is 0 Å². The van der Waals surface area contributed by atoms with Gasteiger partial charge in [-0.15, -0.1) is 0 Å². The van der Waals surface area contributed by atoms with Crippen LogP contribution in [0, 0.1) is 0 Å². The fraction of sp³-hybridized carbons (Fsp3) is 0.571. The first-order valence-corrected chi connectivity index (χ1v) is 3.27. The molecule has 1 heterocycles. The molecule has 10 heavy (non-hydrogen) atoms. The van der Waals surface area contributed by atoms with Crippen LogP contribution >= 0.6 is 0 Å². The predicted molar refractivity (Wildman–Crippen MR) is 39.5 cm³/mol. The van der Waals surface area contributed by atoms with E-state index in [1.165, 1.54) is 0 Å². The van der Waals surface area contributed by atoms with Crippen molar-refractivity contribution in [1.82, 2.24) is 10.2 Å². The summed E-state index contributed by atoms with van der Waals surface area (Å²) in [7, 11) is 0. The highest BCUT2D eigenvalue weighted by molar-refractivity contribution is 5.78. The van der Waals surface area contributed by atoms with E-state index >= 15 is 0 Å². The molecule has 0 aliphatic carbocycles. The normalized spacial score (nSPS) is 22.6. The molecule has 1 aliphatic rings. The molecule has 2 amide bonds. The van der Waals surface area contributed by atoms with Crippen molar-refractivity contribution in [3.8, 4) is 0 Å². The van der Waals surface area contributed by atoms with Crippen LogP contribution in [0.4, 0.5) is 4.79 Å². The fourth-order valence-corrected chi connectivity index (χ4v) is 1.07. The van der Waals surface area contributed by atoms with Crippen molar-refractivity contribution in [2.75, 3.05) is 6.54 Å². The van der Waals surface area contributed by atoms with E-state index in [2.05, 4.69) is 11.9 Å². The van der Waals surface area contributed by atoms with Gasteiger partial charge in [-0.25, -0.2) is 4.79 Å². The molecular weight excluding hydrogens is 128 g/mol. The molecule has 0 aromatic heterocycles. The lowest BCUT2D eigenvalue weighted by Gasteiger charge is -2.25. The lowest BCUT2D eigenvalue weighted by molar-refractivity contribution is 0.208. The van der Waals surface area contributed by atoms with Gasteiger partial charge in [0.25, 0.3) is 0 Å². The van der Waals surface area contributed by atoms with E-state index in [1.54, 1.807) is 11.1 Å². The highest BCUT2D eigenvalue weighted by Crippen LogP contribution is 2.18. The van der Waals surface area contributed by atoms with Crippen molar-refractivity contribution in [3.63, 3.8) is 0 Å². The lowest BCUT2D eigenvalue weighted by Crippen LogP contribution is -2.37. The van der Waals surface area contributed by atoms with Gasteiger partial charge in [-0.2, -0.15) is 0 Å². The third-order valence-corrected chi connectivity index (χ3v) is 1.73. The van der Waals surface area contributed by atoms with Gasteiger partial charge in [0.1, 0.15) is 0 Å². The number of carbonyl (C=O) groups is 1. The van der Waals surface area contributed by atoms with Crippen molar-refractivity contribution in [3.05, 3.63) is 12.8 Å². The van der Waals surface area contributed by atoms with Gasteiger partial charge in [0.05, 0.1) is 5.54 Å². The Kier molecular flexibility index (Phi) is 1.43. The minimum Gasteiger partial charge on any atom is -0.335 e. The molecule has 0 atom stereocenters. The molecular formula is C7H12N2O. The van der Waals surface area contributed by atoms with Crippen LogP contribution in [0.5, 0.6) is 0 Å². The van der Waals surface area contributed by atoms with Crippen molar-refractivity contribution in [2.24, 2.45) is 0 Å². The first kappa shape index (κ1) is 7.12. The standard InChI is InChI=1S/C7H12N2O/c1-4-9-6(10)8-5-7(9,2)3/h4H,1,5H2,2-3H3,(H,8,10). The summed E-state index contributed by atoms with van der Waals surface area (Å²) < 4.78 is 0. The van der Waals surface area contributed by atoms with Gasteiger partial charge in [-0.3, -0.25) is 4.90 Å². The van der Waals surface area contributed by atoms with Gasteiger partial charge in [0, 0.05) is 12.7 Å². The smallest absolute Gasteiger partial charge is 0.322 e. The van der Waals surface area contributed by atoms with Gasteiger partial charge in [0.2, 0.25) is 0 Å². The van der Waals surface area contributed by atoms with Crippen LogP contribution in [0.25, 0.3) is 0 Å². The van der Waals surface area contributed by atoms with Crippen molar-refractivity contribution >= 4 is 6.03 Å². The molecule has 1 fully saturated rings. The third-order valence-electron chi connectivity index (χ3n) is 1.73. The maximum atomic E-state index is 11.0. The summed E-state index contributed by atoms with van der Waals surface area (Å²) in [5, 5.41) is 2.73. The third kappa shape index (κ3) is 0.875. The zero-order valence-electron chi connectivity index (χ0n) is 6.35. The molecule has 0 spiro atoms. The molecule has 0 aromatic rings. The number of rotatable bonds is 1. The molecule has 1 rings (SSSR count). The number of nitrogens with one attached hydrogen (secondary N) is 1. The number of hydrogen-bond acceptors (Lipinski definition) is 1. The highest BCUT2D eigenvalue weighted by Gasteiger charge is 2.35. The Labute approximate surface area is 60.7 Å². The Morgan fingerprint density at radius 2 is 2.40 bits per heavy atom. The summed E-state index contributed by atoms with van der Waals surface area (Å²) in [6.07, 6.45) is 1.56. The molecule has 1 saturated heterocycles. The second kappa shape index (κ2) is 2.01. The van der Waals surface area contributed by atoms with Crippen LogP contribution in [0.1, 0.15) is 13.8 Å². The molecule has 0 aromatic carbocycles. The Bertz CT molecular complexity index is 174. The molecule has 0 unspecified atom stereocenters. The van der Waals surface area contributed by atoms with Crippen LogP contribution in [0.15, 0.2) is 12.8 Å². The fourth-order valence-electron chi connectivity index (χ4n) is 1.07. The first-order chi connectivity index (χ1) is 4.58. The van der Waals surface area contributed by atoms with Crippen LogP contribution in [-0.4, -0.2) is 23.0 Å². The first-order valence-electron chi connectivity index (χ1n) is 3.27. The Morgan fingerprint density at radius 3 is 2.60 bits per heavy atom. The Hall–Kier alpha value is -0.990. The van der Waals surface area contributed by atoms with E-state index in [-0.39, 0.29) is 11.6 Å². The molecule has 0 radical (unpaired) electrons. The number of amides is 2. The van der Waals surface area contributed by atoms with Gasteiger partial charge >= 0.3 is 6.03 Å². The van der Waals surface area contributed by atoms with Gasteiger partial charge in [-0.1, -0.05) is 6.58 Å². The van der Waals surface area contributed by atoms with E-state index in [9.17, 15) is 4.79 Å². The second-order valence-corrected chi connectivity index (χ2v) is 3.02. The van der Waals surface area contributed by atoms with Gasteiger partial charge < -0.3 is 5.32 Å². The summed E-state index contributed by atoms with van der Waals surface area (Å²) in [6.45, 7) is 8.23. The maximum Gasteiger partial charge on any atom is 0.322 e. The van der Waals surface area contributed by atoms with E-state index in [1.807, 2.05) is 13.8 Å². The van der Waals surface area contributed by atoms with Gasteiger partial charge in [0.15, 0.2) is 0 Å². The van der Waals surface area contributed by atoms with Crippen LogP contribution in [0.3, 0.4) is 0 Å². The Balaban J connectivity index is 2.82. The second-order valence-electron chi connectivity index (χ2n) is 3.02. The van der Waals surface area contributed by atoms with Gasteiger partial charge in [-0.05, 0) is 13.8 Å². The zero-order valence-corrected chi connectivity index (χ0v) is 6.35. The predicted octanol–water partition coefficient (Wildman–Crippen LogP) is 0.934. The van der Waals surface area contributed by atoms with Crippen LogP contribution < -0.4 is 5.32 Å². The monoisotopic (exact) mass is 140 g/mol. The largest absolute Gasteiger partial charge is 0.335 e. The van der Waals surface area contributed by atoms with Crippen LogP contribution in [0.2, 0.25) is 0 Å². The van der Waals surface area contributed by atoms with E-state index < -0.39 is 0 Å². The molecule has 0 saturated carbocycles. The zero-order chi connectivity index (χ0) is 7.78. The highest BCUT2D eigenvalue weighted by atomic mass is 16.2. The molecule has 1 aliphatic heterocycles. The molecule has 56 valence electrons. The van der Waals surface area contributed by atoms with Crippen molar-refractivity contribution in [2.45, 2.75) is 19.4 Å². The Morgan fingerprint density at radius 1 is 1.80 bits per heavy atom. The number of urea groups is 1. The average molecular weight is 140 g/mol. The summed E-state index contributed by atoms with van der Waals surface area (Å²) in [5.74, 6) is 0. The number of hydrogen-bond donors (Lipinski definition) is 1. The average Bonchev–Trinajstić information content (AvgIpc) is 2.07. The topological polar surface area (TPSA) is 32.3 Å². The van der Waals surface area contributed by atoms with Crippen molar-refractivity contribution < 1.29 is 4.79 Å². The maximum absolute atomic E-state index is 11.0. The van der Waals surface area contributed by atoms with E-state index in [4.69, 9.17) is 0 Å². The number of nitrogens with zero attached hydrogens (tertiary/aromatic N) is 1. The molecule has 3 heteroatoms. The SMILES string of the molecule is C=CN1C(=O)NCC1(C)C. The summed E-state index contributed by atoms with van der Waals surface area (Å²) in [5.41, 5.74) is -0.112. The lowest BCUT2D eigenvalue weighted by atomic mass is 10.1. The van der Waals surface area contributed by atoms with Crippen molar-refractivity contribution in [1.29, 1.82) is 0 Å². The van der Waals surface area contributed by atoms with Crippen LogP contribution in [-0.2, 0) is 0 Å². The minimum absolute atomic E-state index is 0.0556. The number of carbonyl (C=O) groups excluding carboxylic acids is 1. The molecule has 0 bridgehead atoms. The van der Waals surface area contributed by atoms with E-state index in [0.29, 0.717) is 6.54 Å².